The predicted octanol–water partition coefficient (Wildman–Crippen LogP) is -3.10. The maximum atomic E-state index is 14.3. The van der Waals surface area contributed by atoms with Gasteiger partial charge < -0.3 is 51.7 Å². The fourth-order valence-corrected chi connectivity index (χ4v) is 8.47. The van der Waals surface area contributed by atoms with Gasteiger partial charge in [0, 0.05) is 77.6 Å². The second kappa shape index (κ2) is 33.6. The van der Waals surface area contributed by atoms with E-state index in [1.807, 2.05) is 12.1 Å². The normalized spacial score (nSPS) is 11.2. The van der Waals surface area contributed by atoms with Crippen LogP contribution in [-0.4, -0.2) is 192 Å². The Kier molecular flexibility index (Phi) is 26.2. The van der Waals surface area contributed by atoms with Crippen LogP contribution in [0.2, 0.25) is 0 Å². The van der Waals surface area contributed by atoms with Crippen molar-refractivity contribution in [1.29, 1.82) is 0 Å². The van der Waals surface area contributed by atoms with Gasteiger partial charge in [-0.25, -0.2) is 0 Å². The molecular formula is C53H66N14O16. The Bertz CT molecular complexity index is 2910. The molecule has 0 fully saturated rings. The number of para-hydroxylation sites is 2. The van der Waals surface area contributed by atoms with E-state index in [1.165, 1.54) is 0 Å². The number of carbonyl (C=O) groups excluding carboxylic acids is 8. The first-order valence-corrected chi connectivity index (χ1v) is 25.9. The number of fused-ring (bicyclic) bond motifs is 2. The lowest BCUT2D eigenvalue weighted by molar-refractivity contribution is -0.138. The quantitative estimate of drug-likeness (QED) is 0.0105. The van der Waals surface area contributed by atoms with Crippen molar-refractivity contribution >= 4 is 92.4 Å². The van der Waals surface area contributed by atoms with Crippen molar-refractivity contribution in [2.24, 2.45) is 0 Å². The zero-order valence-corrected chi connectivity index (χ0v) is 44.7. The van der Waals surface area contributed by atoms with Crippen molar-refractivity contribution < 1.29 is 78.0 Å². The Hall–Kier alpha value is -9.14. The van der Waals surface area contributed by atoms with E-state index in [0.717, 1.165) is 0 Å². The first-order chi connectivity index (χ1) is 39.8. The van der Waals surface area contributed by atoms with Crippen LogP contribution in [0.25, 0.3) is 21.8 Å². The number of hydrogen-bond acceptors (Lipinski definition) is 20. The van der Waals surface area contributed by atoms with Crippen LogP contribution in [-0.2, 0) is 47.9 Å². The van der Waals surface area contributed by atoms with E-state index in [9.17, 15) is 57.5 Å². The summed E-state index contributed by atoms with van der Waals surface area (Å²) in [5.41, 5.74) is 12.2. The van der Waals surface area contributed by atoms with E-state index in [0.29, 0.717) is 38.5 Å². The van der Waals surface area contributed by atoms with Gasteiger partial charge in [0.15, 0.2) is 0 Å². The Balaban J connectivity index is 1.17. The van der Waals surface area contributed by atoms with E-state index >= 15 is 0 Å². The number of aliphatic carboxylic acids is 4. The smallest absolute Gasteiger partial charge is 0.317 e. The number of nitrogens with one attached hydrogen (secondary N) is 14. The van der Waals surface area contributed by atoms with E-state index in [2.05, 4.69) is 74.2 Å². The molecule has 30 nitrogen and oxygen atoms in total. The largest absolute Gasteiger partial charge is 0.480 e. The molecule has 0 radical (unpaired) electrons. The molecule has 0 atom stereocenters. The first kappa shape index (κ1) is 64.7. The first-order valence-electron chi connectivity index (χ1n) is 25.9. The molecule has 4 amide bonds. The van der Waals surface area contributed by atoms with Gasteiger partial charge in [0.25, 0.3) is 23.6 Å². The van der Waals surface area contributed by atoms with Crippen LogP contribution < -0.4 is 64.2 Å². The fraction of sp³-hybridized carbons (Fsp3) is 0.358. The monoisotopic (exact) mass is 1150 g/mol. The number of aromatic amines is 2. The molecular weight excluding hydrogens is 1090 g/mol. The lowest BCUT2D eigenvalue weighted by atomic mass is 9.81. The van der Waals surface area contributed by atoms with Gasteiger partial charge in [-0.15, -0.1) is 0 Å². The number of carbonyl (C=O) groups is 12. The second-order valence-electron chi connectivity index (χ2n) is 18.6. The topological polar surface area (TPSA) is 462 Å². The van der Waals surface area contributed by atoms with E-state index in [1.54, 1.807) is 66.7 Å². The average Bonchev–Trinajstić information content (AvgIpc) is 2.55. The lowest BCUT2D eigenvalue weighted by Crippen LogP contribution is -2.48. The van der Waals surface area contributed by atoms with Crippen LogP contribution in [0, 0.1) is 0 Å². The third kappa shape index (κ3) is 22.0. The number of amides is 4. The molecule has 2 heterocycles. The standard InChI is InChI=1S/C53H66N14O16/c68-31(14-16-54-22-33(70)18-39(58-26-43(74)75)59-27-44(76)77)20-56-24-41(72)64-66-52(82)50-48(35-10-4-6-12-37(35)62-50)47(30-8-2-1-3-9-30)49-36-11-5-7-13-38(36)63-51(49)53(83)67-65-42(73)25-57-21-32(69)15-17-55-23-34(71)19-40(60-28-45(78)79)61-29-46(80)81/h1-13,39-40,47,54-63H,14-29H2,(H,64,72)(H,65,73)(H,66,82)(H,67,83)(H,74,75)(H,76,77)(H,78,79)(H,80,81). The number of aromatic nitrogens is 2. The average molecular weight is 1160 g/mol. The molecule has 5 aromatic rings. The van der Waals surface area contributed by atoms with Crippen molar-refractivity contribution in [3.63, 3.8) is 0 Å². The lowest BCUT2D eigenvalue weighted by Gasteiger charge is -2.21. The Morgan fingerprint density at radius 3 is 1.11 bits per heavy atom. The van der Waals surface area contributed by atoms with Gasteiger partial charge in [0.05, 0.1) is 77.8 Å². The molecule has 0 saturated heterocycles. The van der Waals surface area contributed by atoms with Crippen molar-refractivity contribution in [1.82, 2.24) is 74.2 Å². The van der Waals surface area contributed by atoms with E-state index in [4.69, 9.17) is 20.4 Å². The molecule has 0 aliphatic heterocycles. The summed E-state index contributed by atoms with van der Waals surface area (Å²) in [4.78, 5) is 154. The number of Topliss-reactive ketones (excluding diaryl/α,β-unsaturated/α-hetero) is 4. The number of hydrogen-bond donors (Lipinski definition) is 18. The molecule has 30 heteroatoms. The Morgan fingerprint density at radius 1 is 0.386 bits per heavy atom. The van der Waals surface area contributed by atoms with Gasteiger partial charge in [-0.2, -0.15) is 0 Å². The Morgan fingerprint density at radius 2 is 0.735 bits per heavy atom. The number of benzene rings is 3. The molecule has 0 aliphatic rings. The molecule has 5 rings (SSSR count). The highest BCUT2D eigenvalue weighted by Crippen LogP contribution is 2.43. The molecule has 2 aromatic heterocycles. The van der Waals surface area contributed by atoms with Crippen LogP contribution >= 0.6 is 0 Å². The third-order valence-corrected chi connectivity index (χ3v) is 12.2. The summed E-state index contributed by atoms with van der Waals surface area (Å²) in [6, 6.07) is 23.2. The summed E-state index contributed by atoms with van der Waals surface area (Å²) in [5.74, 6) is -10.0. The van der Waals surface area contributed by atoms with Crippen LogP contribution in [0.3, 0.4) is 0 Å². The van der Waals surface area contributed by atoms with Gasteiger partial charge in [-0.1, -0.05) is 66.7 Å². The molecule has 83 heavy (non-hydrogen) atoms. The summed E-state index contributed by atoms with van der Waals surface area (Å²) in [6.07, 6.45) is -2.35. The number of rotatable bonds is 39. The van der Waals surface area contributed by atoms with Crippen LogP contribution in [0.1, 0.15) is 69.3 Å². The highest BCUT2D eigenvalue weighted by molar-refractivity contribution is 6.06. The number of carboxylic acids is 4. The molecule has 0 saturated carbocycles. The predicted molar refractivity (Wildman–Crippen MR) is 295 cm³/mol. The minimum absolute atomic E-state index is 0.0241. The van der Waals surface area contributed by atoms with Crippen molar-refractivity contribution in [2.75, 3.05) is 78.5 Å². The molecule has 0 bridgehead atoms. The van der Waals surface area contributed by atoms with Gasteiger partial charge >= 0.3 is 23.9 Å². The number of hydrazine groups is 2. The second-order valence-corrected chi connectivity index (χ2v) is 18.6. The minimum atomic E-state index is -1.20. The third-order valence-electron chi connectivity index (χ3n) is 12.2. The van der Waals surface area contributed by atoms with E-state index < -0.39 is 91.9 Å². The minimum Gasteiger partial charge on any atom is -0.480 e. The Labute approximate surface area is 472 Å². The maximum Gasteiger partial charge on any atom is 0.317 e. The van der Waals surface area contributed by atoms with Gasteiger partial charge in [0.2, 0.25) is 0 Å². The number of H-pyrrole nitrogens is 2. The molecule has 18 N–H and O–H groups in total. The SMILES string of the molecule is O=C(O)CNC(CC(=O)CNCCC(=O)CNCC(=O)NNC(=O)c1[nH]c2ccccc2c1C(c1ccccc1)c1c(C(=O)NNC(=O)CNCC(=O)CCNCC(=O)CC(NCC(=O)O)NCC(=O)O)[nH]c2ccccc12)NCC(=O)O. The summed E-state index contributed by atoms with van der Waals surface area (Å²) in [6.45, 7) is -3.48. The fourth-order valence-electron chi connectivity index (χ4n) is 8.47. The summed E-state index contributed by atoms with van der Waals surface area (Å²) >= 11 is 0. The molecule has 0 aliphatic carbocycles. The van der Waals surface area contributed by atoms with Crippen molar-refractivity contribution in [2.45, 2.75) is 43.9 Å². The zero-order chi connectivity index (χ0) is 60.3. The van der Waals surface area contributed by atoms with Crippen molar-refractivity contribution in [3.05, 3.63) is 107 Å². The van der Waals surface area contributed by atoms with Crippen LogP contribution in [0.4, 0.5) is 0 Å². The molecule has 0 spiro atoms. The molecule has 444 valence electrons. The van der Waals surface area contributed by atoms with Gasteiger partial charge in [-0.3, -0.25) is 101 Å². The summed E-state index contributed by atoms with van der Waals surface area (Å²) in [7, 11) is 0. The van der Waals surface area contributed by atoms with Crippen molar-refractivity contribution in [3.8, 4) is 0 Å². The maximum absolute atomic E-state index is 14.3. The summed E-state index contributed by atoms with van der Waals surface area (Å²) in [5, 5.41) is 58.0. The van der Waals surface area contributed by atoms with Crippen LogP contribution in [0.5, 0.6) is 0 Å². The highest BCUT2D eigenvalue weighted by atomic mass is 16.4. The van der Waals surface area contributed by atoms with Crippen LogP contribution in [0.15, 0.2) is 78.9 Å². The zero-order valence-electron chi connectivity index (χ0n) is 44.7. The molecule has 0 unspecified atom stereocenters. The van der Waals surface area contributed by atoms with Gasteiger partial charge in [-0.05, 0) is 17.7 Å². The highest BCUT2D eigenvalue weighted by Gasteiger charge is 2.33. The van der Waals surface area contributed by atoms with Gasteiger partial charge in [0.1, 0.15) is 34.5 Å². The molecule has 3 aromatic carbocycles. The number of carboxylic acid groups (broad SMARTS) is 4. The van der Waals surface area contributed by atoms with E-state index in [-0.39, 0.29) is 113 Å². The number of ketones is 4. The summed E-state index contributed by atoms with van der Waals surface area (Å²) < 4.78 is 0.